The van der Waals surface area contributed by atoms with Crippen molar-refractivity contribution in [3.63, 3.8) is 0 Å². The molecule has 0 amide bonds. The molecule has 5 nitrogen and oxygen atoms in total. The molecule has 0 atom stereocenters. The van der Waals surface area contributed by atoms with Crippen molar-refractivity contribution in [2.24, 2.45) is 0 Å². The van der Waals surface area contributed by atoms with Crippen LogP contribution in [-0.2, 0) is 14.3 Å². The van der Waals surface area contributed by atoms with E-state index in [4.69, 9.17) is 9.84 Å². The third-order valence-corrected chi connectivity index (χ3v) is 1.74. The highest BCUT2D eigenvalue weighted by Gasteiger charge is 2.35. The number of aliphatic hydroxyl groups is 1. The number of carbonyl (C=O) groups is 2. The van der Waals surface area contributed by atoms with E-state index in [-0.39, 0.29) is 0 Å². The number of rotatable bonds is 2. The molecule has 1 aliphatic heterocycles. The van der Waals surface area contributed by atoms with Gasteiger partial charge in [-0.3, -0.25) is 0 Å². The van der Waals surface area contributed by atoms with Crippen LogP contribution in [0, 0.1) is 0 Å². The van der Waals surface area contributed by atoms with Crippen LogP contribution in [0.15, 0.2) is 41.9 Å². The lowest BCUT2D eigenvalue weighted by molar-refractivity contribution is -0.153. The molecule has 0 bridgehead atoms. The van der Waals surface area contributed by atoms with Gasteiger partial charge in [-0.25, -0.2) is 9.59 Å². The first kappa shape index (κ1) is 9.26. The van der Waals surface area contributed by atoms with Crippen molar-refractivity contribution in [1.29, 1.82) is 0 Å². The number of hydrogen-bond donors (Lipinski definition) is 1. The number of benzene rings is 1. The van der Waals surface area contributed by atoms with E-state index in [1.807, 2.05) is 0 Å². The average molecular weight is 206 g/mol. The molecule has 5 heteroatoms. The minimum atomic E-state index is -1.09. The fraction of sp³-hybridized carbons (Fsp3) is 0. The Morgan fingerprint density at radius 1 is 1.07 bits per heavy atom. The van der Waals surface area contributed by atoms with Crippen LogP contribution in [0.4, 0.5) is 0 Å². The number of ether oxygens (including phenoxy) is 2. The van der Waals surface area contributed by atoms with Crippen LogP contribution in [0.3, 0.4) is 0 Å². The number of para-hydroxylation sites is 1. The standard InChI is InChI=1S/C10H6O5/c11-7-8(10(13)15-9(7)12)14-6-4-2-1-3-5-6/h1-5,11H. The van der Waals surface area contributed by atoms with Gasteiger partial charge in [0.2, 0.25) is 0 Å². The van der Waals surface area contributed by atoms with E-state index >= 15 is 0 Å². The minimum absolute atomic E-state index is 0.339. The molecule has 15 heavy (non-hydrogen) atoms. The lowest BCUT2D eigenvalue weighted by Gasteiger charge is -2.02. The minimum Gasteiger partial charge on any atom is -0.499 e. The third-order valence-electron chi connectivity index (χ3n) is 1.74. The van der Waals surface area contributed by atoms with E-state index in [2.05, 4.69) is 4.74 Å². The maximum atomic E-state index is 11.0. The van der Waals surface area contributed by atoms with Crippen LogP contribution >= 0.6 is 0 Å². The van der Waals surface area contributed by atoms with E-state index in [9.17, 15) is 9.59 Å². The van der Waals surface area contributed by atoms with Gasteiger partial charge in [-0.2, -0.15) is 0 Å². The van der Waals surface area contributed by atoms with Crippen LogP contribution in [-0.4, -0.2) is 17.0 Å². The summed E-state index contributed by atoms with van der Waals surface area (Å²) in [7, 11) is 0. The molecule has 0 radical (unpaired) electrons. The van der Waals surface area contributed by atoms with Crippen molar-refractivity contribution in [3.8, 4) is 5.75 Å². The zero-order valence-corrected chi connectivity index (χ0v) is 7.47. The molecule has 0 fully saturated rings. The Morgan fingerprint density at radius 2 is 1.73 bits per heavy atom. The molecule has 1 aliphatic rings. The van der Waals surface area contributed by atoms with Crippen molar-refractivity contribution >= 4 is 11.9 Å². The van der Waals surface area contributed by atoms with Gasteiger partial charge in [0.05, 0.1) is 0 Å². The maximum Gasteiger partial charge on any atom is 0.386 e. The molecular weight excluding hydrogens is 200 g/mol. The summed E-state index contributed by atoms with van der Waals surface area (Å²) in [6, 6.07) is 8.30. The van der Waals surface area contributed by atoms with Gasteiger partial charge in [-0.1, -0.05) is 18.2 Å². The summed E-state index contributed by atoms with van der Waals surface area (Å²) in [6.07, 6.45) is 0. The predicted molar refractivity (Wildman–Crippen MR) is 47.8 cm³/mol. The van der Waals surface area contributed by atoms with Crippen LogP contribution in [0.25, 0.3) is 0 Å². The quantitative estimate of drug-likeness (QED) is 0.575. The predicted octanol–water partition coefficient (Wildman–Crippen LogP) is 0.918. The Hall–Kier alpha value is -2.30. The summed E-state index contributed by atoms with van der Waals surface area (Å²) in [4.78, 5) is 21.8. The Morgan fingerprint density at radius 3 is 2.27 bits per heavy atom. The second-order valence-electron chi connectivity index (χ2n) is 2.77. The zero-order valence-electron chi connectivity index (χ0n) is 7.47. The summed E-state index contributed by atoms with van der Waals surface area (Å²) in [5.41, 5.74) is 0. The summed E-state index contributed by atoms with van der Waals surface area (Å²) < 4.78 is 9.14. The van der Waals surface area contributed by atoms with Gasteiger partial charge in [-0.15, -0.1) is 0 Å². The first-order valence-electron chi connectivity index (χ1n) is 4.11. The van der Waals surface area contributed by atoms with Gasteiger partial charge < -0.3 is 14.6 Å². The average Bonchev–Trinajstić information content (AvgIpc) is 2.47. The zero-order chi connectivity index (χ0) is 10.8. The molecule has 1 aromatic rings. The maximum absolute atomic E-state index is 11.0. The Kier molecular flexibility index (Phi) is 2.13. The van der Waals surface area contributed by atoms with Gasteiger partial charge in [0.1, 0.15) is 5.75 Å². The molecule has 0 saturated carbocycles. The SMILES string of the molecule is O=C1OC(=O)C(Oc2ccccc2)=C1O. The molecule has 0 saturated heterocycles. The first-order chi connectivity index (χ1) is 7.18. The van der Waals surface area contributed by atoms with Crippen LogP contribution in [0.5, 0.6) is 5.75 Å². The molecule has 0 aromatic heterocycles. The second kappa shape index (κ2) is 3.45. The summed E-state index contributed by atoms with van der Waals surface area (Å²) in [5.74, 6) is -3.02. The Balaban J connectivity index is 2.27. The fourth-order valence-corrected chi connectivity index (χ4v) is 1.06. The van der Waals surface area contributed by atoms with Gasteiger partial charge in [0.15, 0.2) is 0 Å². The van der Waals surface area contributed by atoms with Gasteiger partial charge in [-0.05, 0) is 12.1 Å². The molecule has 2 rings (SSSR count). The van der Waals surface area contributed by atoms with Crippen molar-refractivity contribution in [3.05, 3.63) is 41.9 Å². The topological polar surface area (TPSA) is 72.8 Å². The van der Waals surface area contributed by atoms with Crippen LogP contribution in [0.2, 0.25) is 0 Å². The molecule has 76 valence electrons. The molecule has 1 aromatic carbocycles. The van der Waals surface area contributed by atoms with Crippen LogP contribution in [0.1, 0.15) is 0 Å². The Labute approximate surface area is 84.5 Å². The first-order valence-corrected chi connectivity index (χ1v) is 4.11. The highest BCUT2D eigenvalue weighted by molar-refractivity contribution is 6.09. The summed E-state index contributed by atoms with van der Waals surface area (Å²) in [5, 5.41) is 9.15. The smallest absolute Gasteiger partial charge is 0.386 e. The Bertz CT molecular complexity index is 446. The molecule has 0 spiro atoms. The highest BCUT2D eigenvalue weighted by Crippen LogP contribution is 2.20. The fourth-order valence-electron chi connectivity index (χ4n) is 1.06. The summed E-state index contributed by atoms with van der Waals surface area (Å²) in [6.45, 7) is 0. The second-order valence-corrected chi connectivity index (χ2v) is 2.77. The lowest BCUT2D eigenvalue weighted by atomic mass is 10.3. The number of carbonyl (C=O) groups excluding carboxylic acids is 2. The van der Waals surface area contributed by atoms with Crippen molar-refractivity contribution in [1.82, 2.24) is 0 Å². The van der Waals surface area contributed by atoms with Crippen molar-refractivity contribution in [2.75, 3.05) is 0 Å². The number of aliphatic hydroxyl groups excluding tert-OH is 1. The van der Waals surface area contributed by atoms with E-state index in [1.165, 1.54) is 0 Å². The molecule has 1 heterocycles. The van der Waals surface area contributed by atoms with E-state index in [1.54, 1.807) is 30.3 Å². The van der Waals surface area contributed by atoms with E-state index in [0.717, 1.165) is 0 Å². The van der Waals surface area contributed by atoms with Crippen molar-refractivity contribution < 1.29 is 24.2 Å². The van der Waals surface area contributed by atoms with E-state index < -0.39 is 23.5 Å². The molecule has 0 unspecified atom stereocenters. The largest absolute Gasteiger partial charge is 0.499 e. The summed E-state index contributed by atoms with van der Waals surface area (Å²) >= 11 is 0. The van der Waals surface area contributed by atoms with Crippen molar-refractivity contribution in [2.45, 2.75) is 0 Å². The normalized spacial score (nSPS) is 15.5. The number of esters is 2. The van der Waals surface area contributed by atoms with E-state index in [0.29, 0.717) is 5.75 Å². The molecule has 1 N–H and O–H groups in total. The number of cyclic esters (lactones) is 2. The van der Waals surface area contributed by atoms with Gasteiger partial charge in [0, 0.05) is 0 Å². The number of hydrogen-bond acceptors (Lipinski definition) is 5. The molecule has 0 aliphatic carbocycles. The van der Waals surface area contributed by atoms with Gasteiger partial charge >= 0.3 is 11.9 Å². The lowest BCUT2D eigenvalue weighted by Crippen LogP contribution is -2.06. The van der Waals surface area contributed by atoms with Gasteiger partial charge in [0.25, 0.3) is 11.5 Å². The highest BCUT2D eigenvalue weighted by atomic mass is 16.6. The monoisotopic (exact) mass is 206 g/mol. The molecular formula is C10H6O5. The third kappa shape index (κ3) is 1.67. The van der Waals surface area contributed by atoms with Crippen LogP contribution < -0.4 is 4.74 Å².